The van der Waals surface area contributed by atoms with Gasteiger partial charge in [-0.05, 0) is 66.6 Å². The number of benzene rings is 4. The highest BCUT2D eigenvalue weighted by atomic mass is 16.6. The Hall–Kier alpha value is -5.11. The summed E-state index contributed by atoms with van der Waals surface area (Å²) >= 11 is 0. The van der Waals surface area contributed by atoms with Crippen LogP contribution >= 0.6 is 0 Å². The molecule has 1 heterocycles. The Morgan fingerprint density at radius 3 is 2.25 bits per heavy atom. The van der Waals surface area contributed by atoms with E-state index in [2.05, 4.69) is 10.6 Å². The zero-order valence-electron chi connectivity index (χ0n) is 22.2. The van der Waals surface area contributed by atoms with Crippen molar-refractivity contribution >= 4 is 29.3 Å². The predicted molar refractivity (Wildman–Crippen MR) is 152 cm³/mol. The molecule has 2 atom stereocenters. The minimum absolute atomic E-state index is 0.157. The van der Waals surface area contributed by atoms with Crippen molar-refractivity contribution in [3.63, 3.8) is 0 Å². The lowest BCUT2D eigenvalue weighted by molar-refractivity contribution is -0.121. The third-order valence-electron chi connectivity index (χ3n) is 6.69. The third kappa shape index (κ3) is 5.96. The van der Waals surface area contributed by atoms with E-state index in [1.807, 2.05) is 61.5 Å². The molecule has 0 radical (unpaired) electrons. The maximum Gasteiger partial charge on any atom is 0.411 e. The predicted octanol–water partition coefficient (Wildman–Crippen LogP) is 5.96. The van der Waals surface area contributed by atoms with E-state index in [4.69, 9.17) is 9.47 Å². The molecule has 8 nitrogen and oxygen atoms in total. The van der Waals surface area contributed by atoms with E-state index in [0.717, 1.165) is 11.1 Å². The number of methoxy groups -OCH3 is 1. The number of para-hydroxylation sites is 1. The Morgan fingerprint density at radius 1 is 0.850 bits per heavy atom. The fourth-order valence-electron chi connectivity index (χ4n) is 4.58. The zero-order chi connectivity index (χ0) is 28.1. The summed E-state index contributed by atoms with van der Waals surface area (Å²) in [4.78, 5) is 40.8. The van der Waals surface area contributed by atoms with Gasteiger partial charge in [0.15, 0.2) is 12.1 Å². The zero-order valence-corrected chi connectivity index (χ0v) is 22.2. The van der Waals surface area contributed by atoms with Crippen molar-refractivity contribution in [2.75, 3.05) is 17.7 Å². The van der Waals surface area contributed by atoms with E-state index in [1.54, 1.807) is 55.6 Å². The van der Waals surface area contributed by atoms with Crippen LogP contribution in [-0.4, -0.2) is 36.0 Å². The first kappa shape index (κ1) is 26.5. The summed E-state index contributed by atoms with van der Waals surface area (Å²) in [6.07, 6.45) is -1.46. The molecule has 4 aromatic rings. The van der Waals surface area contributed by atoms with Crippen LogP contribution in [0, 0.1) is 6.92 Å². The maximum atomic E-state index is 13.6. The monoisotopic (exact) mass is 535 g/mol. The molecule has 1 aliphatic rings. The first-order valence-corrected chi connectivity index (χ1v) is 12.9. The number of hydrogen-bond donors (Lipinski definition) is 2. The van der Waals surface area contributed by atoms with Crippen LogP contribution in [0.15, 0.2) is 103 Å². The number of carbonyl (C=O) groups is 3. The molecule has 8 heteroatoms. The van der Waals surface area contributed by atoms with Crippen LogP contribution in [0.25, 0.3) is 0 Å². The Kier molecular flexibility index (Phi) is 7.77. The van der Waals surface area contributed by atoms with Crippen molar-refractivity contribution in [1.29, 1.82) is 0 Å². The van der Waals surface area contributed by atoms with E-state index < -0.39 is 18.2 Å². The van der Waals surface area contributed by atoms with Crippen molar-refractivity contribution < 1.29 is 23.9 Å². The summed E-state index contributed by atoms with van der Waals surface area (Å²) in [6, 6.07) is 29.7. The number of hydrogen-bond acceptors (Lipinski definition) is 5. The summed E-state index contributed by atoms with van der Waals surface area (Å²) in [6.45, 7) is 2.12. The van der Waals surface area contributed by atoms with Gasteiger partial charge in [-0.2, -0.15) is 0 Å². The number of ether oxygens (including phenoxy) is 2. The lowest BCUT2D eigenvalue weighted by Gasteiger charge is -2.24. The lowest BCUT2D eigenvalue weighted by Crippen LogP contribution is -2.43. The molecule has 0 aromatic heterocycles. The van der Waals surface area contributed by atoms with Crippen molar-refractivity contribution in [3.8, 4) is 5.75 Å². The number of aryl methyl sites for hydroxylation is 1. The Morgan fingerprint density at radius 2 is 1.55 bits per heavy atom. The highest BCUT2D eigenvalue weighted by Gasteiger charge is 2.47. The standard InChI is InChI=1S/C32H29N3O5/c1-21-11-13-24(14-12-21)30(36)33-26-17-15-23(16-18-26)29-28(31(37)34-25-8-4-3-5-9-25)35(32(38)40-29)20-22-7-6-10-27(19-22)39-2/h3-19,28-29H,20H2,1-2H3,(H,33,36)(H,34,37)/t28-,29+/m0/s1. The molecule has 1 aliphatic heterocycles. The number of cyclic esters (lactones) is 1. The molecular weight excluding hydrogens is 506 g/mol. The normalized spacial score (nSPS) is 16.2. The molecule has 202 valence electrons. The van der Waals surface area contributed by atoms with E-state index >= 15 is 0 Å². The molecule has 0 unspecified atom stereocenters. The fraction of sp³-hybridized carbons (Fsp3) is 0.156. The third-order valence-corrected chi connectivity index (χ3v) is 6.69. The average molecular weight is 536 g/mol. The minimum atomic E-state index is -0.938. The van der Waals surface area contributed by atoms with Gasteiger partial charge in [-0.1, -0.05) is 60.2 Å². The molecule has 1 saturated heterocycles. The summed E-state index contributed by atoms with van der Waals surface area (Å²) in [7, 11) is 1.57. The summed E-state index contributed by atoms with van der Waals surface area (Å²) < 4.78 is 11.1. The molecule has 0 saturated carbocycles. The first-order valence-electron chi connectivity index (χ1n) is 12.9. The Bertz CT molecular complexity index is 1500. The largest absolute Gasteiger partial charge is 0.497 e. The van der Waals surface area contributed by atoms with Gasteiger partial charge in [-0.3, -0.25) is 14.5 Å². The van der Waals surface area contributed by atoms with Gasteiger partial charge in [0, 0.05) is 16.9 Å². The first-order chi connectivity index (χ1) is 19.4. The lowest BCUT2D eigenvalue weighted by atomic mass is 10.00. The Balaban J connectivity index is 1.39. The van der Waals surface area contributed by atoms with Gasteiger partial charge < -0.3 is 20.1 Å². The van der Waals surface area contributed by atoms with Crippen LogP contribution in [0.3, 0.4) is 0 Å². The highest BCUT2D eigenvalue weighted by Crippen LogP contribution is 2.35. The number of nitrogens with zero attached hydrogens (tertiary/aromatic N) is 1. The molecule has 1 fully saturated rings. The quantitative estimate of drug-likeness (QED) is 0.290. The number of nitrogens with one attached hydrogen (secondary N) is 2. The summed E-state index contributed by atoms with van der Waals surface area (Å²) in [5.41, 5.74) is 4.23. The van der Waals surface area contributed by atoms with Gasteiger partial charge in [0.25, 0.3) is 11.8 Å². The van der Waals surface area contributed by atoms with Crippen LogP contribution < -0.4 is 15.4 Å². The van der Waals surface area contributed by atoms with Crippen LogP contribution in [0.2, 0.25) is 0 Å². The van der Waals surface area contributed by atoms with Crippen molar-refractivity contribution in [2.45, 2.75) is 25.6 Å². The number of amides is 3. The van der Waals surface area contributed by atoms with E-state index in [0.29, 0.717) is 28.3 Å². The highest BCUT2D eigenvalue weighted by molar-refractivity contribution is 6.04. The van der Waals surface area contributed by atoms with Gasteiger partial charge in [0.1, 0.15) is 5.75 Å². The van der Waals surface area contributed by atoms with Crippen LogP contribution in [0.5, 0.6) is 5.75 Å². The molecule has 2 N–H and O–H groups in total. The average Bonchev–Trinajstić information content (AvgIpc) is 3.30. The molecule has 40 heavy (non-hydrogen) atoms. The van der Waals surface area contributed by atoms with Crippen LogP contribution in [0.4, 0.5) is 16.2 Å². The molecule has 0 bridgehead atoms. The summed E-state index contributed by atoms with van der Waals surface area (Å²) in [5.74, 6) is 0.0431. The van der Waals surface area contributed by atoms with Crippen LogP contribution in [-0.2, 0) is 16.1 Å². The van der Waals surface area contributed by atoms with E-state index in [9.17, 15) is 14.4 Å². The van der Waals surface area contributed by atoms with Crippen molar-refractivity contribution in [2.24, 2.45) is 0 Å². The molecular formula is C32H29N3O5. The van der Waals surface area contributed by atoms with Crippen molar-refractivity contribution in [1.82, 2.24) is 4.90 Å². The number of carbonyl (C=O) groups excluding carboxylic acids is 3. The van der Waals surface area contributed by atoms with E-state index in [-0.39, 0.29) is 18.4 Å². The molecule has 0 spiro atoms. The van der Waals surface area contributed by atoms with Gasteiger partial charge >= 0.3 is 6.09 Å². The SMILES string of the molecule is COc1cccc(CN2C(=O)O[C@H](c3ccc(NC(=O)c4ccc(C)cc4)cc3)[C@H]2C(=O)Nc2ccccc2)c1. The van der Waals surface area contributed by atoms with Gasteiger partial charge in [-0.25, -0.2) is 4.79 Å². The second-order valence-corrected chi connectivity index (χ2v) is 9.53. The Labute approximate surface area is 232 Å². The molecule has 5 rings (SSSR count). The smallest absolute Gasteiger partial charge is 0.411 e. The molecule has 0 aliphatic carbocycles. The molecule has 4 aromatic carbocycles. The number of anilines is 2. The topological polar surface area (TPSA) is 97.0 Å². The molecule has 3 amide bonds. The second kappa shape index (κ2) is 11.7. The van der Waals surface area contributed by atoms with Gasteiger partial charge in [0.2, 0.25) is 0 Å². The minimum Gasteiger partial charge on any atom is -0.497 e. The van der Waals surface area contributed by atoms with Crippen molar-refractivity contribution in [3.05, 3.63) is 125 Å². The van der Waals surface area contributed by atoms with Gasteiger partial charge in [-0.15, -0.1) is 0 Å². The maximum absolute atomic E-state index is 13.6. The van der Waals surface area contributed by atoms with Gasteiger partial charge in [0.05, 0.1) is 13.7 Å². The summed E-state index contributed by atoms with van der Waals surface area (Å²) in [5, 5.41) is 5.78. The van der Waals surface area contributed by atoms with E-state index in [1.165, 1.54) is 4.90 Å². The van der Waals surface area contributed by atoms with Crippen LogP contribution in [0.1, 0.15) is 33.2 Å². The fourth-order valence-corrected chi connectivity index (χ4v) is 4.58. The second-order valence-electron chi connectivity index (χ2n) is 9.53. The number of rotatable bonds is 8.